The van der Waals surface area contributed by atoms with Gasteiger partial charge in [-0.05, 0) is 49.4 Å². The van der Waals surface area contributed by atoms with Crippen molar-refractivity contribution < 1.29 is 14.3 Å². The van der Waals surface area contributed by atoms with Crippen molar-refractivity contribution in [3.8, 4) is 11.3 Å². The Hall–Kier alpha value is -2.75. The van der Waals surface area contributed by atoms with E-state index in [4.69, 9.17) is 0 Å². The molecule has 0 radical (unpaired) electrons. The molecule has 0 aliphatic rings. The normalized spacial score (nSPS) is 10.8. The van der Waals surface area contributed by atoms with Gasteiger partial charge in [-0.1, -0.05) is 11.6 Å². The molecule has 1 aromatic heterocycles. The van der Waals surface area contributed by atoms with Crippen molar-refractivity contribution in [3.05, 3.63) is 65.5 Å². The predicted molar refractivity (Wildman–Crippen MR) is 76.2 cm³/mol. The number of nitrogens with zero attached hydrogens (tertiary/aromatic N) is 1. The topological polar surface area (TPSA) is 53.0 Å². The second kappa shape index (κ2) is 4.98. The first-order chi connectivity index (χ1) is 10.0. The van der Waals surface area contributed by atoms with Crippen LogP contribution in [0, 0.1) is 12.7 Å². The van der Waals surface area contributed by atoms with Crippen molar-refractivity contribution in [2.24, 2.45) is 0 Å². The van der Waals surface area contributed by atoms with E-state index in [0.717, 1.165) is 5.56 Å². The molecule has 0 saturated heterocycles. The molecule has 0 bridgehead atoms. The van der Waals surface area contributed by atoms with Gasteiger partial charge in [0.15, 0.2) is 0 Å². The number of fused-ring (bicyclic) bond motifs is 1. The summed E-state index contributed by atoms with van der Waals surface area (Å²) in [7, 11) is 0. The van der Waals surface area contributed by atoms with Crippen molar-refractivity contribution >= 4 is 16.9 Å². The van der Waals surface area contributed by atoms with Gasteiger partial charge < -0.3 is 9.90 Å². The van der Waals surface area contributed by atoms with Crippen molar-refractivity contribution in [1.29, 1.82) is 0 Å². The summed E-state index contributed by atoms with van der Waals surface area (Å²) >= 11 is 0. The molecule has 0 aliphatic carbocycles. The number of pyridine rings is 1. The molecule has 0 fully saturated rings. The van der Waals surface area contributed by atoms with Crippen LogP contribution in [0.3, 0.4) is 0 Å². The summed E-state index contributed by atoms with van der Waals surface area (Å²) in [5, 5.41) is 11.9. The molecule has 0 aliphatic heterocycles. The van der Waals surface area contributed by atoms with Gasteiger partial charge in [-0.3, -0.25) is 0 Å². The first-order valence-electron chi connectivity index (χ1n) is 6.43. The van der Waals surface area contributed by atoms with Gasteiger partial charge in [0.25, 0.3) is 0 Å². The van der Waals surface area contributed by atoms with Gasteiger partial charge in [0.05, 0.1) is 17.2 Å². The molecular weight excluding hydrogens is 269 g/mol. The van der Waals surface area contributed by atoms with Crippen LogP contribution in [0.2, 0.25) is 0 Å². The zero-order chi connectivity index (χ0) is 15.0. The third-order valence-electron chi connectivity index (χ3n) is 3.32. The molecule has 1 heterocycles. The van der Waals surface area contributed by atoms with Crippen LogP contribution >= 0.6 is 0 Å². The number of aromatic nitrogens is 1. The van der Waals surface area contributed by atoms with Crippen molar-refractivity contribution in [3.63, 3.8) is 0 Å². The number of hydrogen-bond donors (Lipinski definition) is 0. The molecule has 0 N–H and O–H groups in total. The lowest BCUT2D eigenvalue weighted by Gasteiger charge is -2.11. The van der Waals surface area contributed by atoms with Crippen LogP contribution in [0.25, 0.3) is 22.2 Å². The molecule has 0 saturated carbocycles. The summed E-state index contributed by atoms with van der Waals surface area (Å²) < 4.78 is 13.0. The fourth-order valence-electron chi connectivity index (χ4n) is 2.28. The van der Waals surface area contributed by atoms with E-state index >= 15 is 0 Å². The molecule has 0 spiro atoms. The fourth-order valence-corrected chi connectivity index (χ4v) is 2.28. The van der Waals surface area contributed by atoms with E-state index in [-0.39, 0.29) is 11.4 Å². The largest absolute Gasteiger partial charge is 0.545 e. The third kappa shape index (κ3) is 2.48. The number of benzene rings is 2. The van der Waals surface area contributed by atoms with Crippen LogP contribution < -0.4 is 5.11 Å². The molecule has 0 amide bonds. The Labute approximate surface area is 120 Å². The lowest BCUT2D eigenvalue weighted by Crippen LogP contribution is -2.22. The smallest absolute Gasteiger partial charge is 0.123 e. The van der Waals surface area contributed by atoms with Crippen LogP contribution in [0.5, 0.6) is 0 Å². The standard InChI is InChI=1S/C17H12FNO2/c1-10-2-7-15-13(8-10)14(17(20)21)9-16(19-15)11-3-5-12(18)6-4-11/h2-9H,1H3,(H,20,21)/p-1. The lowest BCUT2D eigenvalue weighted by atomic mass is 10.0. The number of rotatable bonds is 2. The summed E-state index contributed by atoms with van der Waals surface area (Å²) in [6.07, 6.45) is 0. The second-order valence-corrected chi connectivity index (χ2v) is 4.87. The summed E-state index contributed by atoms with van der Waals surface area (Å²) in [4.78, 5) is 15.8. The predicted octanol–water partition coefficient (Wildman–Crippen LogP) is 2.71. The second-order valence-electron chi connectivity index (χ2n) is 4.87. The number of carboxylic acids is 1. The molecular formula is C17H11FNO2-. The molecule has 3 aromatic rings. The maximum absolute atomic E-state index is 13.0. The summed E-state index contributed by atoms with van der Waals surface area (Å²) in [5.41, 5.74) is 2.73. The Balaban J connectivity index is 2.28. The molecule has 4 heteroatoms. The molecule has 0 atom stereocenters. The number of aryl methyl sites for hydroxylation is 1. The van der Waals surface area contributed by atoms with Crippen LogP contribution in [0.1, 0.15) is 15.9 Å². The maximum Gasteiger partial charge on any atom is 0.123 e. The van der Waals surface area contributed by atoms with Gasteiger partial charge in [-0.2, -0.15) is 0 Å². The highest BCUT2D eigenvalue weighted by molar-refractivity contribution is 6.03. The molecule has 21 heavy (non-hydrogen) atoms. The van der Waals surface area contributed by atoms with E-state index < -0.39 is 5.97 Å². The SMILES string of the molecule is Cc1ccc2nc(-c3ccc(F)cc3)cc(C(=O)[O-])c2c1. The van der Waals surface area contributed by atoms with Crippen LogP contribution in [0.4, 0.5) is 4.39 Å². The Kier molecular flexibility index (Phi) is 3.14. The number of hydrogen-bond acceptors (Lipinski definition) is 3. The Morgan fingerprint density at radius 3 is 2.48 bits per heavy atom. The van der Waals surface area contributed by atoms with Gasteiger partial charge in [0.1, 0.15) is 5.82 Å². The molecule has 3 nitrogen and oxygen atoms in total. The van der Waals surface area contributed by atoms with Crippen LogP contribution in [-0.4, -0.2) is 11.0 Å². The van der Waals surface area contributed by atoms with E-state index in [1.807, 2.05) is 13.0 Å². The average Bonchev–Trinajstić information content (AvgIpc) is 2.46. The van der Waals surface area contributed by atoms with E-state index in [9.17, 15) is 14.3 Å². The first-order valence-corrected chi connectivity index (χ1v) is 6.43. The summed E-state index contributed by atoms with van der Waals surface area (Å²) in [6.45, 7) is 1.88. The van der Waals surface area contributed by atoms with E-state index in [1.165, 1.54) is 18.2 Å². The highest BCUT2D eigenvalue weighted by atomic mass is 19.1. The van der Waals surface area contributed by atoms with E-state index in [1.54, 1.807) is 24.3 Å². The van der Waals surface area contributed by atoms with Crippen LogP contribution in [-0.2, 0) is 0 Å². The maximum atomic E-state index is 13.0. The zero-order valence-corrected chi connectivity index (χ0v) is 11.3. The Morgan fingerprint density at radius 2 is 1.81 bits per heavy atom. The highest BCUT2D eigenvalue weighted by Crippen LogP contribution is 2.25. The zero-order valence-electron chi connectivity index (χ0n) is 11.3. The molecule has 104 valence electrons. The number of carbonyl (C=O) groups is 1. The molecule has 3 rings (SSSR count). The minimum atomic E-state index is -1.25. The van der Waals surface area contributed by atoms with Crippen molar-refractivity contribution in [2.45, 2.75) is 6.92 Å². The molecule has 2 aromatic carbocycles. The number of carboxylic acid groups (broad SMARTS) is 1. The minimum Gasteiger partial charge on any atom is -0.545 e. The van der Waals surface area contributed by atoms with Gasteiger partial charge >= 0.3 is 0 Å². The van der Waals surface area contributed by atoms with Gasteiger partial charge in [0, 0.05) is 16.5 Å². The van der Waals surface area contributed by atoms with Gasteiger partial charge in [-0.25, -0.2) is 9.37 Å². The number of halogens is 1. The van der Waals surface area contributed by atoms with E-state index in [0.29, 0.717) is 22.2 Å². The number of carbonyl (C=O) groups excluding carboxylic acids is 1. The Morgan fingerprint density at radius 1 is 1.10 bits per heavy atom. The van der Waals surface area contributed by atoms with E-state index in [2.05, 4.69) is 4.98 Å². The van der Waals surface area contributed by atoms with Crippen molar-refractivity contribution in [2.75, 3.05) is 0 Å². The van der Waals surface area contributed by atoms with Crippen molar-refractivity contribution in [1.82, 2.24) is 4.98 Å². The highest BCUT2D eigenvalue weighted by Gasteiger charge is 2.09. The summed E-state index contributed by atoms with van der Waals surface area (Å²) in [6, 6.07) is 12.6. The van der Waals surface area contributed by atoms with Gasteiger partial charge in [-0.15, -0.1) is 0 Å². The minimum absolute atomic E-state index is 0.0861. The monoisotopic (exact) mass is 280 g/mol. The third-order valence-corrected chi connectivity index (χ3v) is 3.32. The molecule has 0 unspecified atom stereocenters. The quantitative estimate of drug-likeness (QED) is 0.725. The lowest BCUT2D eigenvalue weighted by molar-refractivity contribution is -0.254. The first kappa shape index (κ1) is 13.2. The fraction of sp³-hybridized carbons (Fsp3) is 0.0588. The average molecular weight is 280 g/mol. The summed E-state index contributed by atoms with van der Waals surface area (Å²) in [5.74, 6) is -1.60. The Bertz CT molecular complexity index is 841. The number of aromatic carboxylic acids is 1. The van der Waals surface area contributed by atoms with Crippen LogP contribution in [0.15, 0.2) is 48.5 Å². The van der Waals surface area contributed by atoms with Gasteiger partial charge in [0.2, 0.25) is 0 Å².